The minimum absolute atomic E-state index is 1.25. The van der Waals surface area contributed by atoms with E-state index in [1.807, 2.05) is 0 Å². The number of piperazine rings is 1. The summed E-state index contributed by atoms with van der Waals surface area (Å²) in [6, 6.07) is 0. The number of nitrogens with zero attached hydrogens (tertiary/aromatic N) is 1. The normalized spacial score (nSPS) is 25.3. The molecule has 2 nitrogen and oxygen atoms in total. The molecule has 1 saturated heterocycles. The molecule has 0 aromatic carbocycles. The van der Waals surface area contributed by atoms with Crippen LogP contribution in [-0.4, -0.2) is 29.3 Å². The summed E-state index contributed by atoms with van der Waals surface area (Å²) in [4.78, 5) is 0. The summed E-state index contributed by atoms with van der Waals surface area (Å²) in [6.45, 7) is 5.06. The van der Waals surface area contributed by atoms with Gasteiger partial charge in [0.15, 0.2) is 0 Å². The van der Waals surface area contributed by atoms with Crippen molar-refractivity contribution in [2.75, 3.05) is 26.2 Å². The number of hydrogen-bond donors (Lipinski definition) is 1. The van der Waals surface area contributed by atoms with Crippen LogP contribution in [-0.2, 0) is 0 Å². The predicted octanol–water partition coefficient (Wildman–Crippen LogP) is -0.785. The summed E-state index contributed by atoms with van der Waals surface area (Å²) in [5.41, 5.74) is 0. The maximum atomic E-state index is 2.37. The molecular weight excluding hydrogens is 203 g/mol. The lowest BCUT2D eigenvalue weighted by atomic mass is 10.4. The predicted molar refractivity (Wildman–Crippen MR) is 37.3 cm³/mol. The van der Waals surface area contributed by atoms with Gasteiger partial charge >= 0.3 is 0 Å². The van der Waals surface area contributed by atoms with Gasteiger partial charge in [-0.05, 0) is 0 Å². The van der Waals surface area contributed by atoms with Crippen molar-refractivity contribution in [1.29, 1.82) is 0 Å². The zero-order chi connectivity index (χ0) is 5.11. The molecular formula is C4H10IN2+. The van der Waals surface area contributed by atoms with Crippen LogP contribution in [0, 0.1) is 0 Å². The Morgan fingerprint density at radius 1 is 1.29 bits per heavy atom. The SMILES string of the molecule is IN1CC[NH2+]CC1. The van der Waals surface area contributed by atoms with Crippen LogP contribution >= 0.6 is 22.9 Å². The van der Waals surface area contributed by atoms with E-state index in [4.69, 9.17) is 0 Å². The quantitative estimate of drug-likeness (QED) is 0.413. The van der Waals surface area contributed by atoms with E-state index >= 15 is 0 Å². The van der Waals surface area contributed by atoms with Gasteiger partial charge in [0, 0.05) is 22.9 Å². The van der Waals surface area contributed by atoms with Gasteiger partial charge in [-0.15, -0.1) is 0 Å². The monoisotopic (exact) mass is 213 g/mol. The molecule has 0 aromatic rings. The molecule has 7 heavy (non-hydrogen) atoms. The van der Waals surface area contributed by atoms with E-state index < -0.39 is 0 Å². The van der Waals surface area contributed by atoms with Crippen LogP contribution in [0.4, 0.5) is 0 Å². The smallest absolute Gasteiger partial charge is 0.0893 e. The molecule has 1 heterocycles. The van der Waals surface area contributed by atoms with Gasteiger partial charge in [0.2, 0.25) is 0 Å². The molecule has 0 aromatic heterocycles. The van der Waals surface area contributed by atoms with Gasteiger partial charge in [-0.1, -0.05) is 0 Å². The average molecular weight is 213 g/mol. The molecule has 1 aliphatic heterocycles. The number of halogens is 1. The van der Waals surface area contributed by atoms with Crippen LogP contribution in [0.25, 0.3) is 0 Å². The Kier molecular flexibility index (Phi) is 2.34. The van der Waals surface area contributed by atoms with Crippen molar-refractivity contribution >= 4 is 22.9 Å². The lowest BCUT2D eigenvalue weighted by Crippen LogP contribution is -2.89. The highest BCUT2D eigenvalue weighted by molar-refractivity contribution is 14.1. The van der Waals surface area contributed by atoms with E-state index in [9.17, 15) is 0 Å². The molecule has 0 spiro atoms. The molecule has 3 heteroatoms. The van der Waals surface area contributed by atoms with E-state index in [2.05, 4.69) is 31.3 Å². The van der Waals surface area contributed by atoms with Crippen LogP contribution in [0.5, 0.6) is 0 Å². The van der Waals surface area contributed by atoms with E-state index in [-0.39, 0.29) is 0 Å². The molecule has 0 unspecified atom stereocenters. The first-order valence-corrected chi connectivity index (χ1v) is 3.58. The van der Waals surface area contributed by atoms with Gasteiger partial charge in [0.05, 0.1) is 26.2 Å². The fourth-order valence-corrected chi connectivity index (χ4v) is 1.28. The van der Waals surface area contributed by atoms with Crippen LogP contribution in [0.3, 0.4) is 0 Å². The van der Waals surface area contributed by atoms with Crippen LogP contribution in [0.15, 0.2) is 0 Å². The summed E-state index contributed by atoms with van der Waals surface area (Å²) in [7, 11) is 0. The Morgan fingerprint density at radius 2 is 1.86 bits per heavy atom. The number of quaternary nitrogens is 1. The third-order valence-electron chi connectivity index (χ3n) is 1.15. The van der Waals surface area contributed by atoms with Gasteiger partial charge in [-0.25, -0.2) is 3.11 Å². The molecule has 0 bridgehead atoms. The van der Waals surface area contributed by atoms with Gasteiger partial charge in [0.25, 0.3) is 0 Å². The summed E-state index contributed by atoms with van der Waals surface area (Å²) in [6.07, 6.45) is 0. The molecule has 1 fully saturated rings. The molecule has 0 aliphatic carbocycles. The number of rotatable bonds is 0. The van der Waals surface area contributed by atoms with Crippen molar-refractivity contribution in [2.24, 2.45) is 0 Å². The largest absolute Gasteiger partial charge is 0.344 e. The van der Waals surface area contributed by atoms with Crippen molar-refractivity contribution in [2.45, 2.75) is 0 Å². The first-order chi connectivity index (χ1) is 3.39. The van der Waals surface area contributed by atoms with E-state index in [0.29, 0.717) is 0 Å². The Labute approximate surface area is 57.8 Å². The minimum atomic E-state index is 1.25. The second kappa shape index (κ2) is 2.84. The summed E-state index contributed by atoms with van der Waals surface area (Å²) < 4.78 is 2.33. The van der Waals surface area contributed by atoms with Crippen LogP contribution < -0.4 is 5.32 Å². The molecule has 0 amide bonds. The van der Waals surface area contributed by atoms with Gasteiger partial charge in [0.1, 0.15) is 0 Å². The number of nitrogens with two attached hydrogens (primary N) is 1. The van der Waals surface area contributed by atoms with Gasteiger partial charge in [-0.3, -0.25) is 0 Å². The highest BCUT2D eigenvalue weighted by Crippen LogP contribution is 1.94. The molecule has 2 N–H and O–H groups in total. The molecule has 42 valence electrons. The molecule has 0 radical (unpaired) electrons. The van der Waals surface area contributed by atoms with Crippen molar-refractivity contribution < 1.29 is 5.32 Å². The molecule has 0 saturated carbocycles. The minimum Gasteiger partial charge on any atom is -0.344 e. The zero-order valence-electron chi connectivity index (χ0n) is 4.23. The topological polar surface area (TPSA) is 19.9 Å². The zero-order valence-corrected chi connectivity index (χ0v) is 6.39. The third-order valence-corrected chi connectivity index (χ3v) is 2.12. The second-order valence-electron chi connectivity index (χ2n) is 1.78. The maximum Gasteiger partial charge on any atom is 0.0893 e. The maximum absolute atomic E-state index is 2.37. The fraction of sp³-hybridized carbons (Fsp3) is 1.00. The third kappa shape index (κ3) is 1.92. The van der Waals surface area contributed by atoms with E-state index in [1.165, 1.54) is 26.2 Å². The van der Waals surface area contributed by atoms with Gasteiger partial charge < -0.3 is 5.32 Å². The standard InChI is InChI=1S/C4H9IN2/c5-7-3-1-6-2-4-7/h6H,1-4H2/p+1. The van der Waals surface area contributed by atoms with E-state index in [0.717, 1.165) is 0 Å². The summed E-state index contributed by atoms with van der Waals surface area (Å²) >= 11 is 2.37. The Balaban J connectivity index is 2.12. The molecule has 1 rings (SSSR count). The summed E-state index contributed by atoms with van der Waals surface area (Å²) in [5.74, 6) is 0. The highest BCUT2D eigenvalue weighted by atomic mass is 127. The van der Waals surface area contributed by atoms with Crippen molar-refractivity contribution in [3.8, 4) is 0 Å². The van der Waals surface area contributed by atoms with Crippen LogP contribution in [0.2, 0.25) is 0 Å². The highest BCUT2D eigenvalue weighted by Gasteiger charge is 2.06. The van der Waals surface area contributed by atoms with Crippen molar-refractivity contribution in [1.82, 2.24) is 3.11 Å². The van der Waals surface area contributed by atoms with E-state index in [1.54, 1.807) is 0 Å². The number of hydrogen-bond acceptors (Lipinski definition) is 1. The van der Waals surface area contributed by atoms with Crippen molar-refractivity contribution in [3.05, 3.63) is 0 Å². The first kappa shape index (κ1) is 5.78. The lowest BCUT2D eigenvalue weighted by molar-refractivity contribution is -0.660. The Morgan fingerprint density at radius 3 is 2.14 bits per heavy atom. The first-order valence-electron chi connectivity index (χ1n) is 2.62. The second-order valence-corrected chi connectivity index (χ2v) is 3.14. The Bertz CT molecular complexity index is 51.7. The average Bonchev–Trinajstić information content (AvgIpc) is 1.69. The van der Waals surface area contributed by atoms with Crippen LogP contribution in [0.1, 0.15) is 0 Å². The Hall–Kier alpha value is 0.650. The summed E-state index contributed by atoms with van der Waals surface area (Å²) in [5, 5.41) is 2.36. The lowest BCUT2D eigenvalue weighted by Gasteiger charge is -2.16. The van der Waals surface area contributed by atoms with Crippen molar-refractivity contribution in [3.63, 3.8) is 0 Å². The fourth-order valence-electron chi connectivity index (χ4n) is 0.719. The van der Waals surface area contributed by atoms with Gasteiger partial charge in [-0.2, -0.15) is 0 Å². The molecule has 1 aliphatic rings. The molecule has 0 atom stereocenters.